The third-order valence-electron chi connectivity index (χ3n) is 11.3. The van der Waals surface area contributed by atoms with E-state index in [9.17, 15) is 18.7 Å². The number of carbonyl (C=O) groups excluding carboxylic acids is 1. The normalized spacial score (nSPS) is 15.2. The fourth-order valence-electron chi connectivity index (χ4n) is 5.56. The third kappa shape index (κ3) is 15.8. The van der Waals surface area contributed by atoms with E-state index in [1.165, 1.54) is 24.5 Å². The van der Waals surface area contributed by atoms with Gasteiger partial charge in [-0.15, -0.1) is 0 Å². The molecule has 0 spiro atoms. The van der Waals surface area contributed by atoms with Gasteiger partial charge in [0.2, 0.25) is 0 Å². The third-order valence-corrected chi connectivity index (χ3v) is 20.1. The van der Waals surface area contributed by atoms with Crippen LogP contribution >= 0.6 is 0 Å². The Hall–Kier alpha value is -4.88. The Balaban J connectivity index is 0.000000275. The maximum atomic E-state index is 13.0. The first kappa shape index (κ1) is 50.5. The summed E-state index contributed by atoms with van der Waals surface area (Å²) in [6.45, 7) is 24.9. The van der Waals surface area contributed by atoms with Gasteiger partial charge in [-0.2, -0.15) is 0 Å². The molecule has 1 amide bonds. The highest BCUT2D eigenvalue weighted by molar-refractivity contribution is 6.75. The Bertz CT molecular complexity index is 1910. The lowest BCUT2D eigenvalue weighted by Gasteiger charge is -2.36. The van der Waals surface area contributed by atoms with Crippen LogP contribution in [0.4, 0.5) is 36.8 Å². The molecule has 0 bridgehead atoms. The van der Waals surface area contributed by atoms with Crippen molar-refractivity contribution in [2.24, 2.45) is 0 Å². The molecule has 2 aliphatic rings. The van der Waals surface area contributed by atoms with Crippen molar-refractivity contribution in [3.63, 3.8) is 0 Å². The minimum Gasteiger partial charge on any atom is -0.542 e. The van der Waals surface area contributed by atoms with E-state index in [-0.39, 0.29) is 41.3 Å². The van der Waals surface area contributed by atoms with E-state index in [1.807, 2.05) is 12.1 Å². The first-order chi connectivity index (χ1) is 28.0. The predicted molar refractivity (Wildman–Crippen MR) is 246 cm³/mol. The molecular formula is C44H68F2N8O5Si2. The van der Waals surface area contributed by atoms with Crippen LogP contribution in [-0.4, -0.2) is 86.2 Å². The van der Waals surface area contributed by atoms with Crippen LogP contribution in [0.3, 0.4) is 0 Å². The van der Waals surface area contributed by atoms with Gasteiger partial charge < -0.3 is 34.2 Å². The van der Waals surface area contributed by atoms with E-state index in [0.717, 1.165) is 43.3 Å². The monoisotopic (exact) mass is 882 g/mol. The summed E-state index contributed by atoms with van der Waals surface area (Å²) in [5.74, 6) is 3.31. The van der Waals surface area contributed by atoms with Gasteiger partial charge in [-0.3, -0.25) is 5.32 Å². The smallest absolute Gasteiger partial charge is 0.413 e. The fourth-order valence-corrected chi connectivity index (χ4v) is 7.59. The van der Waals surface area contributed by atoms with Crippen molar-refractivity contribution >= 4 is 46.0 Å². The van der Waals surface area contributed by atoms with Gasteiger partial charge in [0.15, 0.2) is 0 Å². The molecule has 4 aromatic rings. The first-order valence-electron chi connectivity index (χ1n) is 20.5. The summed E-state index contributed by atoms with van der Waals surface area (Å²) in [6, 6.07) is 13.3. The molecule has 4 N–H and O–H groups in total. The van der Waals surface area contributed by atoms with Gasteiger partial charge in [0.05, 0.1) is 30.9 Å². The second kappa shape index (κ2) is 21.8. The van der Waals surface area contributed by atoms with Crippen molar-refractivity contribution in [2.45, 2.75) is 123 Å². The molecule has 6 heterocycles. The summed E-state index contributed by atoms with van der Waals surface area (Å²) in [7, 11) is -3.68. The summed E-state index contributed by atoms with van der Waals surface area (Å²) in [5.41, 5.74) is 5.52. The summed E-state index contributed by atoms with van der Waals surface area (Å²) in [4.78, 5) is 32.8. The number of nitrogens with two attached hydrogens (primary N) is 1. The second-order valence-corrected chi connectivity index (χ2v) is 27.6. The molecule has 2 fully saturated rings. The minimum atomic E-state index is -1.94. The van der Waals surface area contributed by atoms with E-state index in [4.69, 9.17) is 19.3 Å². The standard InChI is InChI=1S/C22H31FN4O3Si.C11H20N2OSi.C10H13FN2O.CH4/c1-22(2,3)31(4,5)30-18-7-8-19(24-15-18)26-21(28)29-17-10-12-27(13-11-17)20-9-6-16(23)14-25-20;1-11(2,3)15(4,5)14-9-6-7-10(12)13-8-9;11-8-1-2-10(12-7-8)13-5-3-9(14)4-6-13;/h6-9,14-15,17H,10-13H2,1-5H3,(H,24,26,28);6-8H,1-5H3,(H2,12,13);1-2,7,9,14H,3-6H2;1H4. The lowest BCUT2D eigenvalue weighted by atomic mass is 10.1. The molecule has 0 unspecified atom stereocenters. The Morgan fingerprint density at radius 1 is 0.689 bits per heavy atom. The van der Waals surface area contributed by atoms with E-state index in [1.54, 1.807) is 36.7 Å². The maximum absolute atomic E-state index is 13.0. The highest BCUT2D eigenvalue weighted by Crippen LogP contribution is 2.38. The van der Waals surface area contributed by atoms with Crippen LogP contribution in [0, 0.1) is 11.6 Å². The molecule has 17 heteroatoms. The van der Waals surface area contributed by atoms with Crippen LogP contribution in [0.1, 0.15) is 74.7 Å². The number of anilines is 4. The topological polar surface area (TPSA) is 161 Å². The SMILES string of the molecule is C.CC(C)(C)[Si](C)(C)Oc1ccc(N)nc1.CC(C)(C)[Si](C)(C)Oc1ccc(NC(=O)OC2CCN(c3ccc(F)cn3)CC2)nc1.OC1CCN(c2ccc(F)cn2)CC1. The lowest BCUT2D eigenvalue weighted by Crippen LogP contribution is -2.43. The number of rotatable bonds is 8. The average molecular weight is 883 g/mol. The maximum Gasteiger partial charge on any atom is 0.413 e. The van der Waals surface area contributed by atoms with Crippen LogP contribution < -0.4 is 29.7 Å². The first-order valence-corrected chi connectivity index (χ1v) is 26.3. The zero-order valence-electron chi connectivity index (χ0n) is 36.8. The molecule has 61 heavy (non-hydrogen) atoms. The number of hydrogen-bond donors (Lipinski definition) is 3. The molecule has 0 radical (unpaired) electrons. The largest absolute Gasteiger partial charge is 0.542 e. The summed E-state index contributed by atoms with van der Waals surface area (Å²) < 4.78 is 43.4. The van der Waals surface area contributed by atoms with Crippen LogP contribution in [-0.2, 0) is 4.74 Å². The number of hydrogen-bond acceptors (Lipinski definition) is 12. The number of halogens is 2. The molecular weight excluding hydrogens is 815 g/mol. The van der Waals surface area contributed by atoms with Crippen LogP contribution in [0.5, 0.6) is 11.5 Å². The molecule has 4 aromatic heterocycles. The number of nitrogen functional groups attached to an aromatic ring is 1. The Labute approximate surface area is 363 Å². The molecule has 0 saturated carbocycles. The molecule has 2 saturated heterocycles. The van der Waals surface area contributed by atoms with Crippen molar-refractivity contribution in [1.82, 2.24) is 19.9 Å². The van der Waals surface area contributed by atoms with E-state index >= 15 is 0 Å². The number of ether oxygens (including phenoxy) is 1. The molecule has 13 nitrogen and oxygen atoms in total. The van der Waals surface area contributed by atoms with E-state index < -0.39 is 22.7 Å². The van der Waals surface area contributed by atoms with Crippen LogP contribution in [0.25, 0.3) is 0 Å². The Morgan fingerprint density at radius 2 is 1.13 bits per heavy atom. The van der Waals surface area contributed by atoms with Gasteiger partial charge in [-0.25, -0.2) is 33.5 Å². The van der Waals surface area contributed by atoms with Crippen molar-refractivity contribution in [1.29, 1.82) is 0 Å². The lowest BCUT2D eigenvalue weighted by molar-refractivity contribution is 0.0949. The zero-order valence-corrected chi connectivity index (χ0v) is 38.8. The number of carbonyl (C=O) groups is 1. The summed E-state index contributed by atoms with van der Waals surface area (Å²) >= 11 is 0. The fraction of sp³-hybridized carbons (Fsp3) is 0.523. The van der Waals surface area contributed by atoms with E-state index in [2.05, 4.69) is 103 Å². The van der Waals surface area contributed by atoms with Crippen molar-refractivity contribution in [3.05, 3.63) is 85.0 Å². The predicted octanol–water partition coefficient (Wildman–Crippen LogP) is 10.1. The number of aromatic nitrogens is 4. The quantitative estimate of drug-likeness (QED) is 0.144. The highest BCUT2D eigenvalue weighted by atomic mass is 28.4. The van der Waals surface area contributed by atoms with Crippen LogP contribution in [0.15, 0.2) is 73.3 Å². The van der Waals surface area contributed by atoms with Gasteiger partial charge in [0.1, 0.15) is 52.5 Å². The molecule has 0 aromatic carbocycles. The minimum absolute atomic E-state index is 0. The number of aliphatic hydroxyl groups excluding tert-OH is 1. The Morgan fingerprint density at radius 3 is 1.51 bits per heavy atom. The molecule has 0 atom stereocenters. The van der Waals surface area contributed by atoms with Gasteiger partial charge in [0.25, 0.3) is 16.6 Å². The number of pyridine rings is 4. The average Bonchev–Trinajstić information content (AvgIpc) is 3.17. The number of aliphatic hydroxyl groups is 1. The van der Waals surface area contributed by atoms with Gasteiger partial charge in [-0.1, -0.05) is 49.0 Å². The summed E-state index contributed by atoms with van der Waals surface area (Å²) in [6.07, 6.45) is 7.74. The second-order valence-electron chi connectivity index (χ2n) is 18.1. The van der Waals surface area contributed by atoms with Crippen molar-refractivity contribution in [3.8, 4) is 11.5 Å². The molecule has 6 rings (SSSR count). The molecule has 2 aliphatic heterocycles. The Kier molecular flexibility index (Phi) is 18.0. The molecule has 336 valence electrons. The summed E-state index contributed by atoms with van der Waals surface area (Å²) in [5, 5.41) is 12.3. The number of nitrogens with zero attached hydrogens (tertiary/aromatic N) is 6. The number of amides is 1. The molecule has 0 aliphatic carbocycles. The van der Waals surface area contributed by atoms with Crippen molar-refractivity contribution in [2.75, 3.05) is 47.0 Å². The number of piperidine rings is 2. The van der Waals surface area contributed by atoms with Gasteiger partial charge in [0, 0.05) is 39.0 Å². The van der Waals surface area contributed by atoms with Gasteiger partial charge in [-0.05, 0) is 97.6 Å². The highest BCUT2D eigenvalue weighted by Gasteiger charge is 2.40. The van der Waals surface area contributed by atoms with E-state index in [0.29, 0.717) is 43.3 Å². The van der Waals surface area contributed by atoms with Crippen molar-refractivity contribution < 1.29 is 32.3 Å². The van der Waals surface area contributed by atoms with Gasteiger partial charge >= 0.3 is 6.09 Å². The number of nitrogens with one attached hydrogen (secondary N) is 1. The zero-order chi connectivity index (χ0) is 44.3. The van der Waals surface area contributed by atoms with Crippen LogP contribution in [0.2, 0.25) is 36.3 Å².